The highest BCUT2D eigenvalue weighted by Crippen LogP contribution is 2.21. The molecule has 2 aliphatic rings. The van der Waals surface area contributed by atoms with E-state index in [0.717, 1.165) is 57.1 Å². The fraction of sp³-hybridized carbons (Fsp3) is 0.500. The average molecular weight is 329 g/mol. The number of rotatable bonds is 4. The van der Waals surface area contributed by atoms with Gasteiger partial charge >= 0.3 is 0 Å². The smallest absolute Gasteiger partial charge is 0.124 e. The maximum absolute atomic E-state index is 13.0. The van der Waals surface area contributed by atoms with Crippen molar-refractivity contribution in [2.24, 2.45) is 5.92 Å². The lowest BCUT2D eigenvalue weighted by molar-refractivity contribution is 0.342. The summed E-state index contributed by atoms with van der Waals surface area (Å²) in [4.78, 5) is 2.34. The second-order valence-electron chi connectivity index (χ2n) is 6.79. The van der Waals surface area contributed by atoms with Crippen LogP contribution >= 0.6 is 0 Å². The van der Waals surface area contributed by atoms with Crippen molar-refractivity contribution in [1.82, 2.24) is 15.1 Å². The van der Waals surface area contributed by atoms with E-state index < -0.39 is 0 Å². The highest BCUT2D eigenvalue weighted by molar-refractivity contribution is 5.46. The average Bonchev–Trinajstić information content (AvgIpc) is 3.09. The Bertz CT molecular complexity index is 660. The van der Waals surface area contributed by atoms with E-state index >= 15 is 0 Å². The molecule has 2 N–H and O–H groups in total. The molecule has 0 spiro atoms. The van der Waals surface area contributed by atoms with Gasteiger partial charge in [-0.2, -0.15) is 5.10 Å². The number of aromatic nitrogens is 2. The van der Waals surface area contributed by atoms with Crippen molar-refractivity contribution >= 4 is 11.5 Å². The number of piperidine rings is 1. The molecule has 5 nitrogen and oxygen atoms in total. The summed E-state index contributed by atoms with van der Waals surface area (Å²) in [6.45, 7) is 5.06. The van der Waals surface area contributed by atoms with Crippen molar-refractivity contribution in [3.05, 3.63) is 42.3 Å². The Balaban J connectivity index is 1.23. The molecule has 0 amide bonds. The lowest BCUT2D eigenvalue weighted by atomic mass is 10.0. The molecule has 3 heterocycles. The number of nitrogens with one attached hydrogen (secondary N) is 2. The zero-order chi connectivity index (χ0) is 16.4. The molecular formula is C18H24FN5. The molecule has 0 radical (unpaired) electrons. The zero-order valence-electron chi connectivity index (χ0n) is 13.8. The number of fused-ring (bicyclic) bond motifs is 1. The SMILES string of the molecule is Fc1ccc(N2CCC(NC[C@@H]3CNc4ccnn4C3)CC2)cc1. The Morgan fingerprint density at radius 2 is 1.96 bits per heavy atom. The number of hydrogen-bond donors (Lipinski definition) is 2. The first kappa shape index (κ1) is 15.4. The van der Waals surface area contributed by atoms with Gasteiger partial charge in [-0.1, -0.05) is 0 Å². The summed E-state index contributed by atoms with van der Waals surface area (Å²) in [6, 6.07) is 9.42. The molecule has 0 aliphatic carbocycles. The van der Waals surface area contributed by atoms with Gasteiger partial charge in [-0.3, -0.25) is 0 Å². The molecule has 2 aliphatic heterocycles. The molecule has 0 bridgehead atoms. The molecule has 1 aromatic heterocycles. The summed E-state index contributed by atoms with van der Waals surface area (Å²) in [6.07, 6.45) is 4.11. The van der Waals surface area contributed by atoms with Gasteiger partial charge in [-0.25, -0.2) is 9.07 Å². The van der Waals surface area contributed by atoms with E-state index in [1.54, 1.807) is 12.1 Å². The molecular weight excluding hydrogens is 305 g/mol. The largest absolute Gasteiger partial charge is 0.371 e. The maximum atomic E-state index is 13.0. The van der Waals surface area contributed by atoms with Crippen LogP contribution in [0.3, 0.4) is 0 Å². The zero-order valence-corrected chi connectivity index (χ0v) is 13.8. The molecule has 0 unspecified atom stereocenters. The first-order chi connectivity index (χ1) is 11.8. The third-order valence-electron chi connectivity index (χ3n) is 5.10. The van der Waals surface area contributed by atoms with Crippen LogP contribution < -0.4 is 15.5 Å². The minimum absolute atomic E-state index is 0.170. The Kier molecular flexibility index (Phi) is 4.38. The topological polar surface area (TPSA) is 45.1 Å². The van der Waals surface area contributed by atoms with Crippen molar-refractivity contribution in [1.29, 1.82) is 0 Å². The molecule has 1 fully saturated rings. The highest BCUT2D eigenvalue weighted by Gasteiger charge is 2.22. The van der Waals surface area contributed by atoms with Crippen molar-refractivity contribution < 1.29 is 4.39 Å². The summed E-state index contributed by atoms with van der Waals surface area (Å²) in [5.74, 6) is 1.53. The molecule has 1 saturated heterocycles. The normalized spacial score (nSPS) is 21.4. The Hall–Kier alpha value is -2.08. The van der Waals surface area contributed by atoms with Gasteiger partial charge < -0.3 is 15.5 Å². The van der Waals surface area contributed by atoms with Crippen LogP contribution in [0.1, 0.15) is 12.8 Å². The highest BCUT2D eigenvalue weighted by atomic mass is 19.1. The van der Waals surface area contributed by atoms with Gasteiger partial charge in [0.05, 0.1) is 6.20 Å². The van der Waals surface area contributed by atoms with Gasteiger partial charge in [0.25, 0.3) is 0 Å². The maximum Gasteiger partial charge on any atom is 0.124 e. The van der Waals surface area contributed by atoms with Crippen LogP contribution in [-0.2, 0) is 6.54 Å². The summed E-state index contributed by atoms with van der Waals surface area (Å²) in [5, 5.41) is 11.5. The first-order valence-corrected chi connectivity index (χ1v) is 8.77. The van der Waals surface area contributed by atoms with Gasteiger partial charge in [0.1, 0.15) is 11.6 Å². The fourth-order valence-electron chi connectivity index (χ4n) is 3.65. The monoisotopic (exact) mass is 329 g/mol. The molecule has 2 aromatic rings. The number of halogens is 1. The van der Waals surface area contributed by atoms with E-state index in [2.05, 4.69) is 20.6 Å². The van der Waals surface area contributed by atoms with Crippen LogP contribution in [0.2, 0.25) is 0 Å². The molecule has 128 valence electrons. The van der Waals surface area contributed by atoms with E-state index in [-0.39, 0.29) is 5.82 Å². The van der Waals surface area contributed by atoms with Crippen molar-refractivity contribution in [2.45, 2.75) is 25.4 Å². The van der Waals surface area contributed by atoms with Crippen LogP contribution in [-0.4, -0.2) is 42.0 Å². The van der Waals surface area contributed by atoms with E-state index in [1.807, 2.05) is 29.1 Å². The van der Waals surface area contributed by atoms with Crippen LogP contribution in [0.5, 0.6) is 0 Å². The number of nitrogens with zero attached hydrogens (tertiary/aromatic N) is 3. The van der Waals surface area contributed by atoms with Crippen molar-refractivity contribution in [2.75, 3.05) is 36.4 Å². The van der Waals surface area contributed by atoms with Crippen molar-refractivity contribution in [3.8, 4) is 0 Å². The predicted octanol–water partition coefficient (Wildman–Crippen LogP) is 2.32. The third-order valence-corrected chi connectivity index (χ3v) is 5.10. The van der Waals surface area contributed by atoms with Crippen LogP contribution in [0.25, 0.3) is 0 Å². The third kappa shape index (κ3) is 3.38. The second kappa shape index (κ2) is 6.81. The number of benzene rings is 1. The molecule has 4 rings (SSSR count). The Morgan fingerprint density at radius 1 is 1.17 bits per heavy atom. The van der Waals surface area contributed by atoms with E-state index in [0.29, 0.717) is 12.0 Å². The van der Waals surface area contributed by atoms with Crippen LogP contribution in [0.4, 0.5) is 15.9 Å². The minimum Gasteiger partial charge on any atom is -0.371 e. The lowest BCUT2D eigenvalue weighted by Crippen LogP contribution is -2.45. The molecule has 0 saturated carbocycles. The van der Waals surface area contributed by atoms with Crippen molar-refractivity contribution in [3.63, 3.8) is 0 Å². The van der Waals surface area contributed by atoms with Crippen LogP contribution in [0, 0.1) is 11.7 Å². The molecule has 1 aromatic carbocycles. The lowest BCUT2D eigenvalue weighted by Gasteiger charge is -2.35. The van der Waals surface area contributed by atoms with E-state index in [4.69, 9.17) is 0 Å². The Morgan fingerprint density at radius 3 is 2.75 bits per heavy atom. The predicted molar refractivity (Wildman–Crippen MR) is 93.8 cm³/mol. The van der Waals surface area contributed by atoms with Gasteiger partial charge in [0.15, 0.2) is 0 Å². The first-order valence-electron chi connectivity index (χ1n) is 8.77. The summed E-state index contributed by atoms with van der Waals surface area (Å²) in [7, 11) is 0. The van der Waals surface area contributed by atoms with E-state index in [9.17, 15) is 4.39 Å². The molecule has 24 heavy (non-hydrogen) atoms. The standard InChI is InChI=1S/C18H24FN5/c19-15-1-3-17(4-2-15)23-9-6-16(7-10-23)20-11-14-12-21-18-5-8-22-24(18)13-14/h1-5,8,14,16,20-21H,6-7,9-13H2/t14-/m1/s1. The molecule has 6 heteroatoms. The number of anilines is 2. The van der Waals surface area contributed by atoms with Gasteiger partial charge in [-0.05, 0) is 37.1 Å². The quantitative estimate of drug-likeness (QED) is 0.904. The fourth-order valence-corrected chi connectivity index (χ4v) is 3.65. The number of hydrogen-bond acceptors (Lipinski definition) is 4. The summed E-state index contributed by atoms with van der Waals surface area (Å²) >= 11 is 0. The van der Waals surface area contributed by atoms with Gasteiger partial charge in [-0.15, -0.1) is 0 Å². The molecule has 1 atom stereocenters. The summed E-state index contributed by atoms with van der Waals surface area (Å²) < 4.78 is 15.1. The minimum atomic E-state index is -0.170. The van der Waals surface area contributed by atoms with Gasteiger partial charge in [0.2, 0.25) is 0 Å². The van der Waals surface area contributed by atoms with Crippen LogP contribution in [0.15, 0.2) is 36.5 Å². The second-order valence-corrected chi connectivity index (χ2v) is 6.79. The van der Waals surface area contributed by atoms with E-state index in [1.165, 1.54) is 0 Å². The Labute approximate surface area is 141 Å². The van der Waals surface area contributed by atoms with Gasteiger partial charge in [0, 0.05) is 56.4 Å². The summed E-state index contributed by atoms with van der Waals surface area (Å²) in [5.41, 5.74) is 1.12.